The van der Waals surface area contributed by atoms with Crippen LogP contribution >= 0.6 is 0 Å². The Labute approximate surface area is 172 Å². The molecule has 0 unspecified atom stereocenters. The number of benzene rings is 5. The molecule has 2 heterocycles. The Bertz CT molecular complexity index is 1750. The van der Waals surface area contributed by atoms with Gasteiger partial charge in [0, 0.05) is 32.4 Å². The van der Waals surface area contributed by atoms with Crippen molar-refractivity contribution in [1.29, 1.82) is 0 Å². The highest BCUT2D eigenvalue weighted by molar-refractivity contribution is 6.18. The van der Waals surface area contributed by atoms with Gasteiger partial charge >= 0.3 is 0 Å². The van der Waals surface area contributed by atoms with Gasteiger partial charge in [-0.25, -0.2) is 0 Å². The second-order valence-corrected chi connectivity index (χ2v) is 7.87. The van der Waals surface area contributed by atoms with Crippen LogP contribution in [0.2, 0.25) is 0 Å². The van der Waals surface area contributed by atoms with Crippen molar-refractivity contribution in [1.82, 2.24) is 4.98 Å². The van der Waals surface area contributed by atoms with E-state index in [0.717, 1.165) is 22.1 Å². The van der Waals surface area contributed by atoms with Crippen LogP contribution in [0.4, 0.5) is 0 Å². The Morgan fingerprint density at radius 2 is 1.40 bits per heavy atom. The highest BCUT2D eigenvalue weighted by Gasteiger charge is 2.14. The minimum Gasteiger partial charge on any atom is -0.456 e. The van der Waals surface area contributed by atoms with Crippen LogP contribution in [0.3, 0.4) is 0 Å². The van der Waals surface area contributed by atoms with Crippen LogP contribution in [0.25, 0.3) is 65.6 Å². The number of aromatic amines is 1. The lowest BCUT2D eigenvalue weighted by Crippen LogP contribution is -1.80. The van der Waals surface area contributed by atoms with Gasteiger partial charge in [-0.2, -0.15) is 0 Å². The summed E-state index contributed by atoms with van der Waals surface area (Å²) in [5.41, 5.74) is 6.63. The highest BCUT2D eigenvalue weighted by Crippen LogP contribution is 2.39. The molecule has 30 heavy (non-hydrogen) atoms. The fourth-order valence-corrected chi connectivity index (χ4v) is 4.82. The molecule has 5 aromatic carbocycles. The number of rotatable bonds is 1. The summed E-state index contributed by atoms with van der Waals surface area (Å²) in [6.07, 6.45) is 0. The first kappa shape index (κ1) is 15.8. The Hall–Kier alpha value is -4.04. The molecule has 0 atom stereocenters. The van der Waals surface area contributed by atoms with E-state index in [1.165, 1.54) is 43.6 Å². The number of furan rings is 1. The Morgan fingerprint density at radius 3 is 2.37 bits per heavy atom. The highest BCUT2D eigenvalue weighted by atomic mass is 16.3. The number of hydrogen-bond acceptors (Lipinski definition) is 1. The molecule has 2 heteroatoms. The number of H-pyrrole nitrogens is 1. The molecule has 7 aromatic rings. The van der Waals surface area contributed by atoms with Crippen molar-refractivity contribution in [2.45, 2.75) is 0 Å². The maximum atomic E-state index is 6.10. The first-order valence-corrected chi connectivity index (χ1v) is 10.2. The van der Waals surface area contributed by atoms with Crippen molar-refractivity contribution in [2.75, 3.05) is 0 Å². The van der Waals surface area contributed by atoms with Gasteiger partial charge < -0.3 is 9.40 Å². The maximum absolute atomic E-state index is 6.10. The summed E-state index contributed by atoms with van der Waals surface area (Å²) < 4.78 is 6.10. The Kier molecular flexibility index (Phi) is 3.03. The SMILES string of the molecule is c1ccc2c(c1)ccc1c3cc(-c4cccc5oc6ccccc6c45)ccc3[nH]c21. The van der Waals surface area contributed by atoms with E-state index in [0.29, 0.717) is 0 Å². The monoisotopic (exact) mass is 383 g/mol. The van der Waals surface area contributed by atoms with E-state index in [9.17, 15) is 0 Å². The van der Waals surface area contributed by atoms with Crippen molar-refractivity contribution in [3.63, 3.8) is 0 Å². The number of hydrogen-bond donors (Lipinski definition) is 1. The molecule has 1 N–H and O–H groups in total. The molecule has 2 nitrogen and oxygen atoms in total. The van der Waals surface area contributed by atoms with E-state index < -0.39 is 0 Å². The van der Waals surface area contributed by atoms with Gasteiger partial charge in [0.2, 0.25) is 0 Å². The lowest BCUT2D eigenvalue weighted by Gasteiger charge is -2.05. The molecular weight excluding hydrogens is 366 g/mol. The van der Waals surface area contributed by atoms with Gasteiger partial charge in [0.15, 0.2) is 0 Å². The first-order valence-electron chi connectivity index (χ1n) is 10.2. The molecule has 140 valence electrons. The topological polar surface area (TPSA) is 28.9 Å². The van der Waals surface area contributed by atoms with Crippen molar-refractivity contribution >= 4 is 54.5 Å². The third-order valence-corrected chi connectivity index (χ3v) is 6.21. The van der Waals surface area contributed by atoms with Crippen LogP contribution in [0, 0.1) is 0 Å². The van der Waals surface area contributed by atoms with E-state index in [-0.39, 0.29) is 0 Å². The molecule has 0 saturated carbocycles. The summed E-state index contributed by atoms with van der Waals surface area (Å²) in [6.45, 7) is 0. The summed E-state index contributed by atoms with van der Waals surface area (Å²) in [7, 11) is 0. The molecular formula is C28H17NO. The molecule has 0 aliphatic heterocycles. The zero-order valence-electron chi connectivity index (χ0n) is 16.1. The van der Waals surface area contributed by atoms with Crippen molar-refractivity contribution in [3.05, 3.63) is 97.1 Å². The van der Waals surface area contributed by atoms with Crippen molar-refractivity contribution in [2.24, 2.45) is 0 Å². The summed E-state index contributed by atoms with van der Waals surface area (Å²) in [6, 6.07) is 34.3. The van der Waals surface area contributed by atoms with Crippen LogP contribution in [0.15, 0.2) is 101 Å². The fraction of sp³-hybridized carbons (Fsp3) is 0. The second-order valence-electron chi connectivity index (χ2n) is 7.87. The molecule has 0 fully saturated rings. The maximum Gasteiger partial charge on any atom is 0.136 e. The molecule has 0 bridgehead atoms. The predicted octanol–water partition coefficient (Wildman–Crippen LogP) is 8.04. The predicted molar refractivity (Wildman–Crippen MR) is 126 cm³/mol. The largest absolute Gasteiger partial charge is 0.456 e. The minimum absolute atomic E-state index is 0.929. The lowest BCUT2D eigenvalue weighted by molar-refractivity contribution is 0.669. The second kappa shape index (κ2) is 5.74. The van der Waals surface area contributed by atoms with E-state index in [4.69, 9.17) is 4.42 Å². The average Bonchev–Trinajstić information content (AvgIpc) is 3.37. The van der Waals surface area contributed by atoms with Gasteiger partial charge in [-0.3, -0.25) is 0 Å². The fourth-order valence-electron chi connectivity index (χ4n) is 4.82. The molecule has 0 aliphatic carbocycles. The quantitative estimate of drug-likeness (QED) is 0.305. The van der Waals surface area contributed by atoms with Gasteiger partial charge in [-0.15, -0.1) is 0 Å². The van der Waals surface area contributed by atoms with Crippen LogP contribution in [0.1, 0.15) is 0 Å². The molecule has 7 rings (SSSR count). The summed E-state index contributed by atoms with van der Waals surface area (Å²) >= 11 is 0. The normalized spacial score (nSPS) is 12.0. The van der Waals surface area contributed by atoms with Gasteiger partial charge in [0.25, 0.3) is 0 Å². The Balaban J connectivity index is 1.56. The van der Waals surface area contributed by atoms with E-state index in [2.05, 4.69) is 89.9 Å². The van der Waals surface area contributed by atoms with Crippen molar-refractivity contribution in [3.8, 4) is 11.1 Å². The number of nitrogens with one attached hydrogen (secondary N) is 1. The van der Waals surface area contributed by atoms with Crippen LogP contribution in [0.5, 0.6) is 0 Å². The molecule has 0 radical (unpaired) electrons. The van der Waals surface area contributed by atoms with Gasteiger partial charge in [-0.1, -0.05) is 72.8 Å². The zero-order chi connectivity index (χ0) is 19.7. The third kappa shape index (κ3) is 2.08. The van der Waals surface area contributed by atoms with Crippen LogP contribution in [-0.2, 0) is 0 Å². The average molecular weight is 383 g/mol. The van der Waals surface area contributed by atoms with Crippen LogP contribution in [-0.4, -0.2) is 4.98 Å². The van der Waals surface area contributed by atoms with Crippen LogP contribution < -0.4 is 0 Å². The smallest absolute Gasteiger partial charge is 0.136 e. The van der Waals surface area contributed by atoms with Gasteiger partial charge in [-0.05, 0) is 40.8 Å². The third-order valence-electron chi connectivity index (χ3n) is 6.21. The minimum atomic E-state index is 0.929. The van der Waals surface area contributed by atoms with E-state index in [1.807, 2.05) is 12.1 Å². The molecule has 0 saturated heterocycles. The summed E-state index contributed by atoms with van der Waals surface area (Å²) in [4.78, 5) is 3.64. The molecule has 2 aromatic heterocycles. The summed E-state index contributed by atoms with van der Waals surface area (Å²) in [5, 5.41) is 7.36. The van der Waals surface area contributed by atoms with Crippen molar-refractivity contribution < 1.29 is 4.42 Å². The first-order chi connectivity index (χ1) is 14.9. The van der Waals surface area contributed by atoms with Gasteiger partial charge in [0.05, 0.1) is 5.52 Å². The molecule has 0 aliphatic rings. The summed E-state index contributed by atoms with van der Waals surface area (Å²) in [5.74, 6) is 0. The molecule has 0 amide bonds. The number of aromatic nitrogens is 1. The standard InChI is InChI=1S/C28H17NO/c1-2-7-20-17(6-1)12-14-21-23-16-18(13-15-24(23)29-28(20)21)19-9-5-11-26-27(19)22-8-3-4-10-25(22)30-26/h1-16,29H. The zero-order valence-corrected chi connectivity index (χ0v) is 16.1. The molecule has 0 spiro atoms. The number of fused-ring (bicyclic) bond motifs is 8. The van der Waals surface area contributed by atoms with E-state index in [1.54, 1.807) is 0 Å². The van der Waals surface area contributed by atoms with Gasteiger partial charge in [0.1, 0.15) is 11.2 Å². The Morgan fingerprint density at radius 1 is 0.567 bits per heavy atom. The lowest BCUT2D eigenvalue weighted by atomic mass is 9.97. The van der Waals surface area contributed by atoms with E-state index >= 15 is 0 Å². The number of para-hydroxylation sites is 1.